The average Bonchev–Trinajstić information content (AvgIpc) is 3.01. The second-order valence-corrected chi connectivity index (χ2v) is 5.99. The van der Waals surface area contributed by atoms with E-state index in [9.17, 15) is 14.4 Å². The Balaban J connectivity index is 1.62. The maximum Gasteiger partial charge on any atom is 0.354 e. The van der Waals surface area contributed by atoms with Gasteiger partial charge in [-0.2, -0.15) is 0 Å². The number of nitrogens with zero attached hydrogens (tertiary/aromatic N) is 2. The Hall–Kier alpha value is -3.29. The van der Waals surface area contributed by atoms with Gasteiger partial charge in [0.05, 0.1) is 7.11 Å². The summed E-state index contributed by atoms with van der Waals surface area (Å²) in [7, 11) is 3.15. The number of aryl methyl sites for hydroxylation is 1. The van der Waals surface area contributed by atoms with Gasteiger partial charge < -0.3 is 14.6 Å². The third kappa shape index (κ3) is 3.69. The molecule has 3 amide bonds. The van der Waals surface area contributed by atoms with Gasteiger partial charge in [-0.3, -0.25) is 15.0 Å². The molecular weight excluding hydrogens is 336 g/mol. The van der Waals surface area contributed by atoms with Crippen LogP contribution in [0.4, 0.5) is 16.2 Å². The predicted octanol–water partition coefficient (Wildman–Crippen LogP) is 1.87. The van der Waals surface area contributed by atoms with E-state index in [4.69, 9.17) is 4.74 Å². The Kier molecular flexibility index (Phi) is 4.92. The Morgan fingerprint density at radius 3 is 2.65 bits per heavy atom. The lowest BCUT2D eigenvalue weighted by Gasteiger charge is -2.26. The predicted molar refractivity (Wildman–Crippen MR) is 96.0 cm³/mol. The van der Waals surface area contributed by atoms with Gasteiger partial charge in [-0.15, -0.1) is 0 Å². The molecule has 2 N–H and O–H groups in total. The van der Waals surface area contributed by atoms with E-state index < -0.39 is 6.03 Å². The van der Waals surface area contributed by atoms with Crippen molar-refractivity contribution >= 4 is 29.3 Å². The number of methoxy groups -OCH3 is 1. The number of carbonyl (C=O) groups is 3. The number of ether oxygens (including phenoxy) is 1. The van der Waals surface area contributed by atoms with Gasteiger partial charge in [-0.05, 0) is 35.9 Å². The number of hydrogen-bond acceptors (Lipinski definition) is 5. The van der Waals surface area contributed by atoms with Gasteiger partial charge in [0.25, 0.3) is 0 Å². The minimum Gasteiger partial charge on any atom is -0.464 e. The summed E-state index contributed by atoms with van der Waals surface area (Å²) >= 11 is 0. The molecule has 1 aromatic heterocycles. The highest BCUT2D eigenvalue weighted by Gasteiger charge is 2.23. The number of imide groups is 1. The first-order chi connectivity index (χ1) is 12.5. The molecule has 0 radical (unpaired) electrons. The minimum atomic E-state index is -0.401. The summed E-state index contributed by atoms with van der Waals surface area (Å²) in [5, 5.41) is 5.57. The van der Waals surface area contributed by atoms with E-state index in [0.29, 0.717) is 25.2 Å². The molecular formula is C18H20N4O4. The first-order valence-electron chi connectivity index (χ1n) is 8.17. The van der Waals surface area contributed by atoms with Gasteiger partial charge in [-0.25, -0.2) is 9.59 Å². The summed E-state index contributed by atoms with van der Waals surface area (Å²) in [4.78, 5) is 36.2. The molecule has 0 bridgehead atoms. The first kappa shape index (κ1) is 17.5. The van der Waals surface area contributed by atoms with Crippen molar-refractivity contribution in [2.45, 2.75) is 13.0 Å². The average molecular weight is 356 g/mol. The van der Waals surface area contributed by atoms with Crippen molar-refractivity contribution in [3.05, 3.63) is 47.8 Å². The maximum atomic E-state index is 11.9. The van der Waals surface area contributed by atoms with Crippen molar-refractivity contribution in [3.8, 4) is 0 Å². The summed E-state index contributed by atoms with van der Waals surface area (Å²) in [6, 6.07) is 8.75. The van der Waals surface area contributed by atoms with Gasteiger partial charge in [0.1, 0.15) is 5.69 Å². The number of aromatic nitrogens is 1. The lowest BCUT2D eigenvalue weighted by atomic mass is 10.2. The Morgan fingerprint density at radius 2 is 2.00 bits per heavy atom. The molecule has 8 heteroatoms. The van der Waals surface area contributed by atoms with Gasteiger partial charge in [0, 0.05) is 44.1 Å². The smallest absolute Gasteiger partial charge is 0.354 e. The molecule has 0 saturated carbocycles. The van der Waals surface area contributed by atoms with E-state index in [2.05, 4.69) is 10.6 Å². The Labute approximate surface area is 150 Å². The van der Waals surface area contributed by atoms with Crippen LogP contribution < -0.4 is 15.5 Å². The highest BCUT2D eigenvalue weighted by atomic mass is 16.5. The molecule has 2 heterocycles. The van der Waals surface area contributed by atoms with Crippen LogP contribution in [0.1, 0.15) is 22.5 Å². The Bertz CT molecular complexity index is 841. The number of rotatable bonds is 5. The van der Waals surface area contributed by atoms with Crippen molar-refractivity contribution in [1.82, 2.24) is 9.88 Å². The Morgan fingerprint density at radius 1 is 1.27 bits per heavy atom. The van der Waals surface area contributed by atoms with Gasteiger partial charge in [-0.1, -0.05) is 0 Å². The van der Waals surface area contributed by atoms with E-state index in [1.54, 1.807) is 17.7 Å². The zero-order valence-corrected chi connectivity index (χ0v) is 14.6. The van der Waals surface area contributed by atoms with Crippen molar-refractivity contribution in [3.63, 3.8) is 0 Å². The molecule has 1 saturated heterocycles. The third-order valence-electron chi connectivity index (χ3n) is 4.19. The number of esters is 1. The van der Waals surface area contributed by atoms with Crippen LogP contribution in [0.3, 0.4) is 0 Å². The van der Waals surface area contributed by atoms with E-state index in [1.807, 2.05) is 30.5 Å². The summed E-state index contributed by atoms with van der Waals surface area (Å²) in [5.41, 5.74) is 3.05. The normalized spacial score (nSPS) is 14.2. The summed E-state index contributed by atoms with van der Waals surface area (Å²) in [6.45, 7) is 0.917. The molecule has 1 aliphatic heterocycles. The topological polar surface area (TPSA) is 92.7 Å². The maximum absolute atomic E-state index is 11.9. The molecule has 3 rings (SSSR count). The quantitative estimate of drug-likeness (QED) is 0.798. The number of urea groups is 1. The molecule has 1 aliphatic rings. The molecule has 8 nitrogen and oxygen atoms in total. The highest BCUT2D eigenvalue weighted by molar-refractivity contribution is 6.05. The lowest BCUT2D eigenvalue weighted by Crippen LogP contribution is -2.49. The van der Waals surface area contributed by atoms with Gasteiger partial charge in [0.15, 0.2) is 0 Å². The summed E-state index contributed by atoms with van der Waals surface area (Å²) in [6.07, 6.45) is 2.16. The number of hydrogen-bond donors (Lipinski definition) is 2. The molecule has 0 aliphatic carbocycles. The molecule has 2 aromatic rings. The summed E-state index contributed by atoms with van der Waals surface area (Å²) in [5.74, 6) is -0.625. The fourth-order valence-electron chi connectivity index (χ4n) is 2.81. The van der Waals surface area contributed by atoms with Gasteiger partial charge in [0.2, 0.25) is 5.91 Å². The molecule has 1 aromatic carbocycles. The van der Waals surface area contributed by atoms with Gasteiger partial charge >= 0.3 is 12.0 Å². The van der Waals surface area contributed by atoms with Crippen molar-refractivity contribution in [2.24, 2.45) is 7.05 Å². The molecule has 0 unspecified atom stereocenters. The van der Waals surface area contributed by atoms with Crippen molar-refractivity contribution in [2.75, 3.05) is 23.9 Å². The second kappa shape index (κ2) is 7.30. The molecule has 1 fully saturated rings. The monoisotopic (exact) mass is 356 g/mol. The van der Waals surface area contributed by atoms with E-state index >= 15 is 0 Å². The van der Waals surface area contributed by atoms with E-state index in [0.717, 1.165) is 16.9 Å². The zero-order valence-electron chi connectivity index (χ0n) is 14.6. The lowest BCUT2D eigenvalue weighted by molar-refractivity contribution is -0.120. The third-order valence-corrected chi connectivity index (χ3v) is 4.19. The number of carbonyl (C=O) groups excluding carboxylic acids is 3. The largest absolute Gasteiger partial charge is 0.464 e. The van der Waals surface area contributed by atoms with Crippen LogP contribution in [0.15, 0.2) is 36.5 Å². The van der Waals surface area contributed by atoms with Crippen LogP contribution in [0.25, 0.3) is 0 Å². The fraction of sp³-hybridized carbons (Fsp3) is 0.278. The second-order valence-electron chi connectivity index (χ2n) is 5.99. The van der Waals surface area contributed by atoms with Crippen molar-refractivity contribution < 1.29 is 19.1 Å². The van der Waals surface area contributed by atoms with E-state index in [-0.39, 0.29) is 11.9 Å². The van der Waals surface area contributed by atoms with Crippen LogP contribution in [-0.2, 0) is 23.1 Å². The van der Waals surface area contributed by atoms with Crippen LogP contribution in [0, 0.1) is 0 Å². The van der Waals surface area contributed by atoms with Crippen LogP contribution >= 0.6 is 0 Å². The number of nitrogens with one attached hydrogen (secondary N) is 2. The molecule has 136 valence electrons. The van der Waals surface area contributed by atoms with E-state index in [1.165, 1.54) is 12.0 Å². The molecule has 0 spiro atoms. The zero-order chi connectivity index (χ0) is 18.7. The van der Waals surface area contributed by atoms with Crippen LogP contribution in [0.2, 0.25) is 0 Å². The number of anilines is 2. The fourth-order valence-corrected chi connectivity index (χ4v) is 2.81. The minimum absolute atomic E-state index is 0.251. The summed E-state index contributed by atoms with van der Waals surface area (Å²) < 4.78 is 6.47. The highest BCUT2D eigenvalue weighted by Crippen LogP contribution is 2.20. The van der Waals surface area contributed by atoms with Crippen LogP contribution in [0.5, 0.6) is 0 Å². The SMILES string of the molecule is COC(=O)c1cc(CNc2ccc(N3CCC(=O)NC3=O)cc2)cn1C. The van der Waals surface area contributed by atoms with Crippen LogP contribution in [-0.4, -0.2) is 36.1 Å². The standard InChI is InChI=1S/C18H20N4O4/c1-21-11-12(9-15(21)17(24)26-2)10-19-13-3-5-14(6-4-13)22-8-7-16(23)20-18(22)25/h3-6,9,11,19H,7-8,10H2,1-2H3,(H,20,23,25). The first-order valence-corrected chi connectivity index (χ1v) is 8.17. The molecule has 26 heavy (non-hydrogen) atoms. The van der Waals surface area contributed by atoms with Crippen molar-refractivity contribution in [1.29, 1.82) is 0 Å². The molecule has 0 atom stereocenters. The number of amides is 3. The number of benzene rings is 1.